The SMILES string of the molecule is CC(=O)c1ccc(S(=O)(=O)NC(=O)c2cc(C3CC3)n(C(C)(C)C)n2)cc1. The molecule has 7 nitrogen and oxygen atoms in total. The minimum atomic E-state index is -4.05. The molecule has 0 aliphatic heterocycles. The second-order valence-corrected chi connectivity index (χ2v) is 9.51. The fourth-order valence-corrected chi connectivity index (χ4v) is 3.78. The lowest BCUT2D eigenvalue weighted by molar-refractivity contribution is 0.0973. The number of amides is 1. The van der Waals surface area contributed by atoms with Crippen LogP contribution in [0.25, 0.3) is 0 Å². The van der Waals surface area contributed by atoms with Gasteiger partial charge in [-0.1, -0.05) is 12.1 Å². The second-order valence-electron chi connectivity index (χ2n) is 7.83. The van der Waals surface area contributed by atoms with Crippen molar-refractivity contribution in [3.8, 4) is 0 Å². The third-order valence-corrected chi connectivity index (χ3v) is 5.75. The number of nitrogens with one attached hydrogen (secondary N) is 1. The van der Waals surface area contributed by atoms with Gasteiger partial charge in [-0.3, -0.25) is 14.3 Å². The van der Waals surface area contributed by atoms with Crippen molar-refractivity contribution in [1.82, 2.24) is 14.5 Å². The molecule has 1 aliphatic carbocycles. The highest BCUT2D eigenvalue weighted by molar-refractivity contribution is 7.90. The zero-order valence-corrected chi connectivity index (χ0v) is 16.6. The van der Waals surface area contributed by atoms with E-state index in [9.17, 15) is 18.0 Å². The fraction of sp³-hybridized carbons (Fsp3) is 0.421. The average Bonchev–Trinajstić information content (AvgIpc) is 3.31. The van der Waals surface area contributed by atoms with Crippen molar-refractivity contribution in [2.24, 2.45) is 0 Å². The summed E-state index contributed by atoms with van der Waals surface area (Å²) in [5.74, 6) is -0.562. The monoisotopic (exact) mass is 389 g/mol. The summed E-state index contributed by atoms with van der Waals surface area (Å²) in [7, 11) is -4.05. The Bertz CT molecular complexity index is 995. The zero-order chi connectivity index (χ0) is 20.0. The molecule has 0 bridgehead atoms. The quantitative estimate of drug-likeness (QED) is 0.793. The predicted molar refractivity (Wildman–Crippen MR) is 100 cm³/mol. The lowest BCUT2D eigenvalue weighted by atomic mass is 10.1. The van der Waals surface area contributed by atoms with Crippen LogP contribution in [0.15, 0.2) is 35.2 Å². The summed E-state index contributed by atoms with van der Waals surface area (Å²) in [5.41, 5.74) is 1.13. The molecule has 0 atom stereocenters. The van der Waals surface area contributed by atoms with E-state index in [0.717, 1.165) is 18.5 Å². The molecule has 0 spiro atoms. The highest BCUT2D eigenvalue weighted by Gasteiger charge is 2.33. The molecule has 1 aliphatic rings. The first-order valence-corrected chi connectivity index (χ1v) is 10.3. The molecule has 1 saturated carbocycles. The van der Waals surface area contributed by atoms with E-state index in [-0.39, 0.29) is 21.9 Å². The zero-order valence-electron chi connectivity index (χ0n) is 15.8. The molecule has 0 saturated heterocycles. The van der Waals surface area contributed by atoms with Crippen LogP contribution in [0.2, 0.25) is 0 Å². The predicted octanol–water partition coefficient (Wildman–Crippen LogP) is 2.84. The van der Waals surface area contributed by atoms with Crippen LogP contribution in [0.4, 0.5) is 0 Å². The van der Waals surface area contributed by atoms with Crippen molar-refractivity contribution < 1.29 is 18.0 Å². The lowest BCUT2D eigenvalue weighted by Gasteiger charge is -2.22. The van der Waals surface area contributed by atoms with Crippen LogP contribution in [0.1, 0.15) is 73.0 Å². The molecule has 144 valence electrons. The molecule has 1 heterocycles. The Morgan fingerprint density at radius 3 is 2.22 bits per heavy atom. The van der Waals surface area contributed by atoms with Crippen LogP contribution in [-0.4, -0.2) is 29.9 Å². The normalized spacial score (nSPS) is 14.8. The van der Waals surface area contributed by atoms with E-state index in [1.165, 1.54) is 31.2 Å². The molecule has 1 aromatic heterocycles. The van der Waals surface area contributed by atoms with E-state index in [1.807, 2.05) is 20.8 Å². The van der Waals surface area contributed by atoms with E-state index < -0.39 is 15.9 Å². The Balaban J connectivity index is 1.85. The maximum Gasteiger partial charge on any atom is 0.285 e. The number of hydrogen-bond acceptors (Lipinski definition) is 5. The second kappa shape index (κ2) is 6.60. The molecule has 8 heteroatoms. The van der Waals surface area contributed by atoms with Crippen molar-refractivity contribution >= 4 is 21.7 Å². The fourth-order valence-electron chi connectivity index (χ4n) is 2.82. The van der Waals surface area contributed by atoms with Crippen LogP contribution in [0, 0.1) is 0 Å². The number of rotatable bonds is 5. The number of carbonyl (C=O) groups excluding carboxylic acids is 2. The molecule has 1 N–H and O–H groups in total. The highest BCUT2D eigenvalue weighted by Crippen LogP contribution is 2.41. The number of carbonyl (C=O) groups is 2. The Morgan fingerprint density at radius 2 is 1.74 bits per heavy atom. The molecule has 1 aromatic carbocycles. The van der Waals surface area contributed by atoms with Crippen molar-refractivity contribution in [2.75, 3.05) is 0 Å². The maximum absolute atomic E-state index is 12.5. The van der Waals surface area contributed by atoms with E-state index in [0.29, 0.717) is 11.5 Å². The number of hydrogen-bond donors (Lipinski definition) is 1. The van der Waals surface area contributed by atoms with Crippen LogP contribution >= 0.6 is 0 Å². The molecule has 0 unspecified atom stereocenters. The van der Waals surface area contributed by atoms with E-state index >= 15 is 0 Å². The van der Waals surface area contributed by atoms with Gasteiger partial charge in [0, 0.05) is 17.2 Å². The van der Waals surface area contributed by atoms with Gasteiger partial charge in [-0.25, -0.2) is 13.1 Å². The van der Waals surface area contributed by atoms with Gasteiger partial charge in [0.1, 0.15) is 0 Å². The Kier molecular flexibility index (Phi) is 4.71. The minimum absolute atomic E-state index is 0.0794. The molecule has 1 fully saturated rings. The van der Waals surface area contributed by atoms with Gasteiger partial charge in [-0.05, 0) is 58.7 Å². The van der Waals surface area contributed by atoms with Gasteiger partial charge in [-0.15, -0.1) is 0 Å². The topological polar surface area (TPSA) is 98.1 Å². The molecular formula is C19H23N3O4S. The summed E-state index contributed by atoms with van der Waals surface area (Å²) in [6.07, 6.45) is 2.09. The highest BCUT2D eigenvalue weighted by atomic mass is 32.2. The van der Waals surface area contributed by atoms with E-state index in [4.69, 9.17) is 0 Å². The summed E-state index contributed by atoms with van der Waals surface area (Å²) in [6.45, 7) is 7.36. The van der Waals surface area contributed by atoms with E-state index in [2.05, 4.69) is 9.82 Å². The molecule has 27 heavy (non-hydrogen) atoms. The van der Waals surface area contributed by atoms with Crippen LogP contribution in [-0.2, 0) is 15.6 Å². The summed E-state index contributed by atoms with van der Waals surface area (Å²) in [5, 5.41) is 4.35. The minimum Gasteiger partial charge on any atom is -0.295 e. The summed E-state index contributed by atoms with van der Waals surface area (Å²) in [4.78, 5) is 23.8. The number of ketones is 1. The third kappa shape index (κ3) is 4.10. The average molecular weight is 389 g/mol. The van der Waals surface area contributed by atoms with Crippen LogP contribution in [0.5, 0.6) is 0 Å². The smallest absolute Gasteiger partial charge is 0.285 e. The Hall–Kier alpha value is -2.48. The van der Waals surface area contributed by atoms with Gasteiger partial charge in [0.2, 0.25) is 0 Å². The van der Waals surface area contributed by atoms with Gasteiger partial charge in [0.25, 0.3) is 15.9 Å². The van der Waals surface area contributed by atoms with Crippen LogP contribution in [0.3, 0.4) is 0 Å². The summed E-state index contributed by atoms with van der Waals surface area (Å²) < 4.78 is 28.8. The van der Waals surface area contributed by atoms with Gasteiger partial charge in [-0.2, -0.15) is 5.10 Å². The molecule has 3 rings (SSSR count). The first-order chi connectivity index (χ1) is 12.5. The first kappa shape index (κ1) is 19.3. The van der Waals surface area contributed by atoms with Gasteiger partial charge >= 0.3 is 0 Å². The standard InChI is InChI=1S/C19H23N3O4S/c1-12(23)13-7-9-15(10-8-13)27(25,26)21-18(24)16-11-17(14-5-6-14)22(20-16)19(2,3)4/h7-11,14H,5-6H2,1-4H3,(H,21,24). The molecule has 0 radical (unpaired) electrons. The van der Waals surface area contributed by atoms with Crippen molar-refractivity contribution in [1.29, 1.82) is 0 Å². The number of sulfonamides is 1. The summed E-state index contributed by atoms with van der Waals surface area (Å²) in [6, 6.07) is 7.11. The largest absolute Gasteiger partial charge is 0.295 e. The number of Topliss-reactive ketones (excluding diaryl/α,β-unsaturated/α-hetero) is 1. The van der Waals surface area contributed by atoms with Gasteiger partial charge in [0.05, 0.1) is 10.4 Å². The summed E-state index contributed by atoms with van der Waals surface area (Å²) >= 11 is 0. The van der Waals surface area contributed by atoms with Crippen molar-refractivity contribution in [2.45, 2.75) is 56.9 Å². The first-order valence-electron chi connectivity index (χ1n) is 8.77. The van der Waals surface area contributed by atoms with Gasteiger partial charge in [0.15, 0.2) is 11.5 Å². The number of nitrogens with zero attached hydrogens (tertiary/aromatic N) is 2. The number of benzene rings is 1. The Labute approximate surface area is 158 Å². The number of aromatic nitrogens is 2. The molecule has 1 amide bonds. The van der Waals surface area contributed by atoms with Crippen molar-refractivity contribution in [3.63, 3.8) is 0 Å². The third-order valence-electron chi connectivity index (χ3n) is 4.40. The lowest BCUT2D eigenvalue weighted by Crippen LogP contribution is -2.31. The molecular weight excluding hydrogens is 366 g/mol. The van der Waals surface area contributed by atoms with Crippen molar-refractivity contribution in [3.05, 3.63) is 47.3 Å². The molecule has 2 aromatic rings. The van der Waals surface area contributed by atoms with Crippen LogP contribution < -0.4 is 4.72 Å². The Morgan fingerprint density at radius 1 is 1.15 bits per heavy atom. The van der Waals surface area contributed by atoms with E-state index in [1.54, 1.807) is 10.7 Å². The van der Waals surface area contributed by atoms with Gasteiger partial charge < -0.3 is 0 Å². The maximum atomic E-state index is 12.5.